The number of aromatic hydroxyl groups is 1. The lowest BCUT2D eigenvalue weighted by molar-refractivity contribution is -0.150. The number of hydrogen-bond acceptors (Lipinski definition) is 3. The molecule has 4 aliphatic rings. The normalized spacial score (nSPS) is 35.3. The number of carbonyl (C=O) groups is 2. The highest BCUT2D eigenvalue weighted by Crippen LogP contribution is 2.59. The van der Waals surface area contributed by atoms with Crippen molar-refractivity contribution in [2.45, 2.75) is 129 Å². The molecular formula is C38H51NO3. The minimum Gasteiger partial charge on any atom is -0.508 e. The Hall–Kier alpha value is -2.62. The first-order chi connectivity index (χ1) is 20.0. The van der Waals surface area contributed by atoms with Crippen LogP contribution in [0.1, 0.15) is 127 Å². The van der Waals surface area contributed by atoms with E-state index in [4.69, 9.17) is 0 Å². The molecule has 0 aromatic heterocycles. The Kier molecular flexibility index (Phi) is 7.38. The summed E-state index contributed by atoms with van der Waals surface area (Å²) in [5.74, 6) is 0.500. The lowest BCUT2D eigenvalue weighted by Crippen LogP contribution is -2.60. The minimum absolute atomic E-state index is 0.0500. The van der Waals surface area contributed by atoms with Crippen LogP contribution in [0.3, 0.4) is 0 Å². The highest BCUT2D eigenvalue weighted by molar-refractivity contribution is 6.00. The molecule has 0 unspecified atom stereocenters. The Bertz CT molecular complexity index is 1400. The third-order valence-corrected chi connectivity index (χ3v) is 12.8. The molecule has 0 spiro atoms. The van der Waals surface area contributed by atoms with Crippen molar-refractivity contribution in [1.82, 2.24) is 5.32 Å². The summed E-state index contributed by atoms with van der Waals surface area (Å²) < 4.78 is 0. The average molecular weight is 570 g/mol. The Morgan fingerprint density at radius 2 is 1.31 bits per heavy atom. The monoisotopic (exact) mass is 569 g/mol. The van der Waals surface area contributed by atoms with Crippen molar-refractivity contribution in [2.24, 2.45) is 22.7 Å². The lowest BCUT2D eigenvalue weighted by atomic mass is 9.49. The van der Waals surface area contributed by atoms with E-state index in [9.17, 15) is 14.7 Å². The molecule has 4 nitrogen and oxygen atoms in total. The van der Waals surface area contributed by atoms with Crippen LogP contribution >= 0.6 is 0 Å². The fourth-order valence-electron chi connectivity index (χ4n) is 10.4. The van der Waals surface area contributed by atoms with Gasteiger partial charge in [0.05, 0.1) is 10.8 Å². The van der Waals surface area contributed by atoms with Gasteiger partial charge in [0, 0.05) is 0 Å². The van der Waals surface area contributed by atoms with Gasteiger partial charge in [0.2, 0.25) is 11.8 Å². The molecule has 2 fully saturated rings. The summed E-state index contributed by atoms with van der Waals surface area (Å²) in [6.45, 7) is 11.2. The van der Waals surface area contributed by atoms with E-state index in [1.807, 2.05) is 6.07 Å². The highest BCUT2D eigenvalue weighted by atomic mass is 16.3. The van der Waals surface area contributed by atoms with Gasteiger partial charge in [-0.3, -0.25) is 14.9 Å². The Morgan fingerprint density at radius 1 is 0.786 bits per heavy atom. The summed E-state index contributed by atoms with van der Waals surface area (Å²) in [6, 6.07) is 12.9. The molecule has 2 N–H and O–H groups in total. The average Bonchev–Trinajstić information content (AvgIpc) is 2.96. The summed E-state index contributed by atoms with van der Waals surface area (Å²) in [4.78, 5) is 28.6. The molecule has 0 heterocycles. The molecule has 2 aromatic carbocycles. The lowest BCUT2D eigenvalue weighted by Gasteiger charge is -2.56. The molecule has 0 radical (unpaired) electrons. The Labute approximate surface area is 253 Å². The standard InChI is InChI=1S/C38H51NO3/c1-6-7-10-25-11-12-26-14-17-31-35(2,29(26)23-25)19-8-21-37(31,4)33(41)39-34(42)38(5)22-9-20-36(3)30-24-28(40)16-13-27(30)15-18-32(36)38/h11-13,16,23-24,31-32,40H,6-10,14-15,17-22H2,1-5H3,(H,39,41,42)/t31-,32-,35-,36-,37+,38+/m1/s1. The third-order valence-electron chi connectivity index (χ3n) is 12.8. The van der Waals surface area contributed by atoms with Crippen molar-refractivity contribution >= 4 is 11.8 Å². The quantitative estimate of drug-likeness (QED) is 0.358. The van der Waals surface area contributed by atoms with Crippen molar-refractivity contribution in [2.75, 3.05) is 0 Å². The molecule has 2 saturated carbocycles. The summed E-state index contributed by atoms with van der Waals surface area (Å²) in [7, 11) is 0. The zero-order chi connectivity index (χ0) is 29.9. The number of nitrogens with one attached hydrogen (secondary N) is 1. The maximum atomic E-state index is 14.4. The second-order valence-corrected chi connectivity index (χ2v) is 15.3. The van der Waals surface area contributed by atoms with Crippen LogP contribution in [0.25, 0.3) is 0 Å². The largest absolute Gasteiger partial charge is 0.508 e. The Morgan fingerprint density at radius 3 is 1.86 bits per heavy atom. The zero-order valence-electron chi connectivity index (χ0n) is 26.6. The van der Waals surface area contributed by atoms with Gasteiger partial charge in [-0.05, 0) is 127 Å². The number of rotatable bonds is 5. The molecule has 6 atom stereocenters. The topological polar surface area (TPSA) is 66.4 Å². The predicted molar refractivity (Wildman–Crippen MR) is 169 cm³/mol. The number of carbonyl (C=O) groups excluding carboxylic acids is 2. The molecule has 2 aromatic rings. The molecule has 0 bridgehead atoms. The van der Waals surface area contributed by atoms with E-state index in [-0.39, 0.29) is 34.5 Å². The number of hydrogen-bond donors (Lipinski definition) is 2. The number of phenols is 1. The van der Waals surface area contributed by atoms with Gasteiger partial charge in [0.15, 0.2) is 0 Å². The van der Waals surface area contributed by atoms with E-state index in [2.05, 4.69) is 64.2 Å². The second kappa shape index (κ2) is 10.5. The van der Waals surface area contributed by atoms with Crippen molar-refractivity contribution in [3.63, 3.8) is 0 Å². The van der Waals surface area contributed by atoms with E-state index >= 15 is 0 Å². The summed E-state index contributed by atoms with van der Waals surface area (Å²) in [6.07, 6.45) is 13.0. The van der Waals surface area contributed by atoms with Crippen LogP contribution in [0.2, 0.25) is 0 Å². The van der Waals surface area contributed by atoms with E-state index in [0.717, 1.165) is 70.6 Å². The predicted octanol–water partition coefficient (Wildman–Crippen LogP) is 8.10. The van der Waals surface area contributed by atoms with Crippen LogP contribution in [0.15, 0.2) is 36.4 Å². The SMILES string of the molecule is CCCCc1ccc2c(c1)[C@@]1(C)CCC[C@](C)(C(=O)NC(=O)[C@@]3(C)CCC[C@]4(C)c5cc(O)ccc5CC[C@@H]34)[C@@H]1CC2. The molecule has 42 heavy (non-hydrogen) atoms. The zero-order valence-corrected chi connectivity index (χ0v) is 26.6. The first kappa shape index (κ1) is 29.5. The number of phenolic OH excluding ortho intramolecular Hbond substituents is 1. The second-order valence-electron chi connectivity index (χ2n) is 15.3. The van der Waals surface area contributed by atoms with E-state index in [0.29, 0.717) is 5.75 Å². The van der Waals surface area contributed by atoms with Gasteiger partial charge in [-0.25, -0.2) is 0 Å². The van der Waals surface area contributed by atoms with Crippen LogP contribution in [-0.4, -0.2) is 16.9 Å². The number of fused-ring (bicyclic) bond motifs is 6. The van der Waals surface area contributed by atoms with Crippen molar-refractivity contribution < 1.29 is 14.7 Å². The molecule has 4 aliphatic carbocycles. The Balaban J connectivity index is 1.26. The molecular weight excluding hydrogens is 518 g/mol. The molecule has 0 aliphatic heterocycles. The molecule has 0 saturated heterocycles. The minimum atomic E-state index is -0.618. The van der Waals surface area contributed by atoms with Gasteiger partial charge in [0.1, 0.15) is 5.75 Å². The molecule has 2 amide bonds. The van der Waals surface area contributed by atoms with E-state index in [1.165, 1.54) is 40.7 Å². The maximum absolute atomic E-state index is 14.4. The van der Waals surface area contributed by atoms with Crippen LogP contribution in [-0.2, 0) is 39.7 Å². The van der Waals surface area contributed by atoms with Gasteiger partial charge in [-0.2, -0.15) is 0 Å². The highest BCUT2D eigenvalue weighted by Gasteiger charge is 2.58. The maximum Gasteiger partial charge on any atom is 0.232 e. The van der Waals surface area contributed by atoms with Crippen molar-refractivity contribution in [3.8, 4) is 5.75 Å². The summed E-state index contributed by atoms with van der Waals surface area (Å²) >= 11 is 0. The molecule has 6 rings (SSSR count). The third kappa shape index (κ3) is 4.46. The van der Waals surface area contributed by atoms with Gasteiger partial charge in [-0.15, -0.1) is 0 Å². The van der Waals surface area contributed by atoms with Crippen LogP contribution < -0.4 is 5.32 Å². The smallest absolute Gasteiger partial charge is 0.232 e. The van der Waals surface area contributed by atoms with Crippen LogP contribution in [0, 0.1) is 22.7 Å². The summed E-state index contributed by atoms with van der Waals surface area (Å²) in [5.41, 5.74) is 5.38. The van der Waals surface area contributed by atoms with Gasteiger partial charge < -0.3 is 5.11 Å². The fourth-order valence-corrected chi connectivity index (χ4v) is 10.4. The van der Waals surface area contributed by atoms with Gasteiger partial charge >= 0.3 is 0 Å². The van der Waals surface area contributed by atoms with E-state index in [1.54, 1.807) is 6.07 Å². The number of benzene rings is 2. The molecule has 4 heteroatoms. The first-order valence-corrected chi connectivity index (χ1v) is 16.8. The van der Waals surface area contributed by atoms with Crippen LogP contribution in [0.4, 0.5) is 0 Å². The fraction of sp³-hybridized carbons (Fsp3) is 0.632. The number of amides is 2. The van der Waals surface area contributed by atoms with Crippen molar-refractivity contribution in [1.29, 1.82) is 0 Å². The number of aryl methyl sites for hydroxylation is 3. The number of unbranched alkanes of at least 4 members (excludes halogenated alkanes) is 1. The van der Waals surface area contributed by atoms with Gasteiger partial charge in [-0.1, -0.05) is 78.1 Å². The van der Waals surface area contributed by atoms with Crippen LogP contribution in [0.5, 0.6) is 5.75 Å². The first-order valence-electron chi connectivity index (χ1n) is 16.8. The van der Waals surface area contributed by atoms with Gasteiger partial charge in [0.25, 0.3) is 0 Å². The van der Waals surface area contributed by atoms with Crippen molar-refractivity contribution in [3.05, 3.63) is 64.2 Å². The summed E-state index contributed by atoms with van der Waals surface area (Å²) in [5, 5.41) is 13.4. The number of imide groups is 1. The molecule has 226 valence electrons. The van der Waals surface area contributed by atoms with E-state index < -0.39 is 10.8 Å².